The summed E-state index contributed by atoms with van der Waals surface area (Å²) in [7, 11) is 0. The lowest BCUT2D eigenvalue weighted by Gasteiger charge is -2.11. The van der Waals surface area contributed by atoms with E-state index < -0.39 is 0 Å². The molecule has 1 rings (SSSR count). The maximum Gasteiger partial charge on any atom is 0.127 e. The van der Waals surface area contributed by atoms with Gasteiger partial charge >= 0.3 is 0 Å². The van der Waals surface area contributed by atoms with Crippen LogP contribution in [0.15, 0.2) is 18.2 Å². The van der Waals surface area contributed by atoms with Crippen molar-refractivity contribution in [2.24, 2.45) is 0 Å². The topological polar surface area (TPSA) is 17.1 Å². The molecule has 0 heterocycles. The Bertz CT molecular complexity index is 290. The fourth-order valence-electron chi connectivity index (χ4n) is 1.23. The van der Waals surface area contributed by atoms with E-state index in [-0.39, 0.29) is 5.92 Å². The third kappa shape index (κ3) is 2.23. The predicted octanol–water partition coefficient (Wildman–Crippen LogP) is 3.69. The number of carbonyl (C=O) groups is 1. The zero-order valence-corrected chi connectivity index (χ0v) is 8.77. The van der Waals surface area contributed by atoms with Crippen molar-refractivity contribution in [1.29, 1.82) is 0 Å². The molecule has 1 aromatic rings. The van der Waals surface area contributed by atoms with Crippen LogP contribution in [0.5, 0.6) is 0 Å². The second kappa shape index (κ2) is 4.64. The Balaban J connectivity index is 3.17. The van der Waals surface area contributed by atoms with Crippen molar-refractivity contribution in [3.05, 3.63) is 33.8 Å². The van der Waals surface area contributed by atoms with Crippen molar-refractivity contribution in [3.63, 3.8) is 0 Å². The molecule has 0 radical (unpaired) electrons. The lowest BCUT2D eigenvalue weighted by molar-refractivity contribution is -0.109. The molecule has 0 spiro atoms. The van der Waals surface area contributed by atoms with E-state index in [1.165, 1.54) is 0 Å². The predicted molar refractivity (Wildman–Crippen MR) is 55.6 cm³/mol. The molecular formula is C10H10Cl2O. The first-order valence-corrected chi connectivity index (χ1v) is 4.85. The van der Waals surface area contributed by atoms with Crippen molar-refractivity contribution in [2.75, 3.05) is 0 Å². The number of benzene rings is 1. The van der Waals surface area contributed by atoms with Crippen molar-refractivity contribution in [2.45, 2.75) is 19.3 Å². The highest BCUT2D eigenvalue weighted by atomic mass is 35.5. The Morgan fingerprint density at radius 1 is 1.38 bits per heavy atom. The molecule has 0 N–H and O–H groups in total. The summed E-state index contributed by atoms with van der Waals surface area (Å²) in [5.74, 6) is -0.193. The molecule has 0 saturated carbocycles. The molecule has 0 amide bonds. The van der Waals surface area contributed by atoms with E-state index >= 15 is 0 Å². The summed E-state index contributed by atoms with van der Waals surface area (Å²) in [6.07, 6.45) is 1.60. The Labute approximate surface area is 87.7 Å². The van der Waals surface area contributed by atoms with Gasteiger partial charge in [0.05, 0.1) is 0 Å². The second-order valence-corrected chi connectivity index (χ2v) is 3.60. The summed E-state index contributed by atoms with van der Waals surface area (Å²) in [4.78, 5) is 10.7. The summed E-state index contributed by atoms with van der Waals surface area (Å²) in [5.41, 5.74) is 0.739. The summed E-state index contributed by atoms with van der Waals surface area (Å²) < 4.78 is 0. The monoisotopic (exact) mass is 216 g/mol. The molecule has 1 nitrogen and oxygen atoms in total. The van der Waals surface area contributed by atoms with Crippen LogP contribution in [0.4, 0.5) is 0 Å². The van der Waals surface area contributed by atoms with Gasteiger partial charge in [0.15, 0.2) is 0 Å². The number of carbonyl (C=O) groups excluding carboxylic acids is 1. The number of rotatable bonds is 3. The van der Waals surface area contributed by atoms with Crippen LogP contribution in [0.25, 0.3) is 0 Å². The molecule has 3 heteroatoms. The van der Waals surface area contributed by atoms with Gasteiger partial charge < -0.3 is 4.79 Å². The zero-order valence-electron chi connectivity index (χ0n) is 7.26. The van der Waals surface area contributed by atoms with E-state index in [9.17, 15) is 4.79 Å². The average molecular weight is 217 g/mol. The highest BCUT2D eigenvalue weighted by Gasteiger charge is 2.14. The van der Waals surface area contributed by atoms with Gasteiger partial charge in [-0.3, -0.25) is 0 Å². The molecular weight excluding hydrogens is 207 g/mol. The fourth-order valence-corrected chi connectivity index (χ4v) is 1.91. The average Bonchev–Trinajstić information content (AvgIpc) is 2.11. The number of aldehydes is 1. The summed E-state index contributed by atoms with van der Waals surface area (Å²) >= 11 is 11.9. The molecule has 0 aliphatic heterocycles. The molecule has 0 fully saturated rings. The second-order valence-electron chi connectivity index (χ2n) is 2.79. The smallest absolute Gasteiger partial charge is 0.127 e. The van der Waals surface area contributed by atoms with Crippen LogP contribution in [0.1, 0.15) is 24.8 Å². The van der Waals surface area contributed by atoms with Gasteiger partial charge in [0.25, 0.3) is 0 Å². The summed E-state index contributed by atoms with van der Waals surface area (Å²) in [6, 6.07) is 5.26. The van der Waals surface area contributed by atoms with Gasteiger partial charge in [-0.05, 0) is 24.1 Å². The number of hydrogen-bond acceptors (Lipinski definition) is 1. The van der Waals surface area contributed by atoms with Gasteiger partial charge in [-0.25, -0.2) is 0 Å². The van der Waals surface area contributed by atoms with E-state index in [0.717, 1.165) is 11.8 Å². The van der Waals surface area contributed by atoms with Gasteiger partial charge in [0, 0.05) is 16.0 Å². The molecule has 1 unspecified atom stereocenters. The molecule has 0 aromatic heterocycles. The van der Waals surface area contributed by atoms with Crippen LogP contribution in [0, 0.1) is 0 Å². The number of hydrogen-bond donors (Lipinski definition) is 0. The van der Waals surface area contributed by atoms with E-state index in [1.54, 1.807) is 18.2 Å². The summed E-state index contributed by atoms with van der Waals surface area (Å²) in [5, 5.41) is 1.12. The standard InChI is InChI=1S/C10H10Cl2O/c1-2-7(6-13)10-8(11)4-3-5-9(10)12/h3-7H,2H2,1H3. The first-order valence-electron chi connectivity index (χ1n) is 4.10. The lowest BCUT2D eigenvalue weighted by Crippen LogP contribution is -2.00. The Hall–Kier alpha value is -0.530. The van der Waals surface area contributed by atoms with Gasteiger partial charge in [-0.15, -0.1) is 0 Å². The first-order chi connectivity index (χ1) is 6.20. The number of halogens is 2. The van der Waals surface area contributed by atoms with Gasteiger partial charge in [-0.1, -0.05) is 36.2 Å². The molecule has 0 aliphatic rings. The molecule has 0 saturated heterocycles. The molecule has 1 atom stereocenters. The van der Waals surface area contributed by atoms with Crippen LogP contribution in [-0.4, -0.2) is 6.29 Å². The van der Waals surface area contributed by atoms with Crippen LogP contribution in [-0.2, 0) is 4.79 Å². The quantitative estimate of drug-likeness (QED) is 0.705. The van der Waals surface area contributed by atoms with E-state index in [0.29, 0.717) is 16.5 Å². The minimum absolute atomic E-state index is 0.193. The van der Waals surface area contributed by atoms with Crippen LogP contribution in [0.2, 0.25) is 10.0 Å². The molecule has 70 valence electrons. The normalized spacial score (nSPS) is 12.5. The molecule has 13 heavy (non-hydrogen) atoms. The van der Waals surface area contributed by atoms with Crippen molar-refractivity contribution in [3.8, 4) is 0 Å². The van der Waals surface area contributed by atoms with Gasteiger partial charge in [0.2, 0.25) is 0 Å². The van der Waals surface area contributed by atoms with Gasteiger partial charge in [0.1, 0.15) is 6.29 Å². The highest BCUT2D eigenvalue weighted by molar-refractivity contribution is 6.36. The first kappa shape index (κ1) is 10.6. The van der Waals surface area contributed by atoms with E-state index in [2.05, 4.69) is 0 Å². The Morgan fingerprint density at radius 3 is 2.31 bits per heavy atom. The Kier molecular flexibility index (Phi) is 3.76. The van der Waals surface area contributed by atoms with Gasteiger partial charge in [-0.2, -0.15) is 0 Å². The minimum Gasteiger partial charge on any atom is -0.303 e. The van der Waals surface area contributed by atoms with E-state index in [4.69, 9.17) is 23.2 Å². The molecule has 1 aromatic carbocycles. The Morgan fingerprint density at radius 2 is 1.92 bits per heavy atom. The van der Waals surface area contributed by atoms with Crippen LogP contribution >= 0.6 is 23.2 Å². The van der Waals surface area contributed by atoms with Crippen molar-refractivity contribution in [1.82, 2.24) is 0 Å². The van der Waals surface area contributed by atoms with E-state index in [1.807, 2.05) is 6.92 Å². The third-order valence-corrected chi connectivity index (χ3v) is 2.63. The highest BCUT2D eigenvalue weighted by Crippen LogP contribution is 2.31. The zero-order chi connectivity index (χ0) is 9.84. The van der Waals surface area contributed by atoms with Crippen LogP contribution in [0.3, 0.4) is 0 Å². The fraction of sp³-hybridized carbons (Fsp3) is 0.300. The third-order valence-electron chi connectivity index (χ3n) is 1.97. The van der Waals surface area contributed by atoms with Crippen molar-refractivity contribution < 1.29 is 4.79 Å². The van der Waals surface area contributed by atoms with Crippen LogP contribution < -0.4 is 0 Å². The molecule has 0 bridgehead atoms. The SMILES string of the molecule is CCC(C=O)c1c(Cl)cccc1Cl. The maximum atomic E-state index is 10.7. The van der Waals surface area contributed by atoms with Crippen molar-refractivity contribution >= 4 is 29.5 Å². The minimum atomic E-state index is -0.193. The molecule has 0 aliphatic carbocycles. The maximum absolute atomic E-state index is 10.7. The summed E-state index contributed by atoms with van der Waals surface area (Å²) in [6.45, 7) is 1.93. The largest absolute Gasteiger partial charge is 0.303 e. The lowest BCUT2D eigenvalue weighted by atomic mass is 9.98.